The number of pyridine rings is 1. The summed E-state index contributed by atoms with van der Waals surface area (Å²) in [6.45, 7) is 3.68. The van der Waals surface area contributed by atoms with E-state index < -0.39 is 11.5 Å². The lowest BCUT2D eigenvalue weighted by atomic mass is 9.96. The minimum absolute atomic E-state index is 0.0496. The number of fused-ring (bicyclic) bond motifs is 1. The summed E-state index contributed by atoms with van der Waals surface area (Å²) >= 11 is 0. The van der Waals surface area contributed by atoms with Gasteiger partial charge in [-0.2, -0.15) is 4.68 Å². The molecule has 2 aromatic carbocycles. The maximum Gasteiger partial charge on any atom is 0.411 e. The number of nitrogens with one attached hydrogen (secondary N) is 1. The average molecular weight is 457 g/mol. The van der Waals surface area contributed by atoms with E-state index in [1.165, 1.54) is 21.2 Å². The van der Waals surface area contributed by atoms with Gasteiger partial charge in [0.25, 0.3) is 0 Å². The Bertz CT molecular complexity index is 1570. The number of phenols is 1. The molecule has 5 aromatic rings. The lowest BCUT2D eigenvalue weighted by Crippen LogP contribution is -2.28. The maximum atomic E-state index is 13.3. The fourth-order valence-corrected chi connectivity index (χ4v) is 4.10. The summed E-state index contributed by atoms with van der Waals surface area (Å²) in [5.41, 5.74) is 11.0. The van der Waals surface area contributed by atoms with Crippen molar-refractivity contribution in [2.75, 3.05) is 5.73 Å². The number of nitrogens with zero attached hydrogens (tertiary/aromatic N) is 4. The van der Waals surface area contributed by atoms with Crippen molar-refractivity contribution in [2.45, 2.75) is 20.4 Å². The number of hydrogen-bond donors (Lipinski definition) is 2. The number of phenolic OH excluding ortho intramolecular Hbond substituents is 1. The van der Waals surface area contributed by atoms with Gasteiger partial charge in [0.2, 0.25) is 5.65 Å². The summed E-state index contributed by atoms with van der Waals surface area (Å²) in [5.74, 6) is -0.128. The summed E-state index contributed by atoms with van der Waals surface area (Å²) in [6.07, 6.45) is 1.10. The van der Waals surface area contributed by atoms with E-state index in [-0.39, 0.29) is 18.2 Å². The SMILES string of the molecule is Cc1cc(-c2c(-c3ccccc3)[nH+]c(N)n3c(=O)n(Cc4ccc(F)cn4)nc23)cc(C)c1O. The molecule has 0 aliphatic carbocycles. The molecule has 4 N–H and O–H groups in total. The van der Waals surface area contributed by atoms with E-state index in [0.29, 0.717) is 33.7 Å². The molecule has 0 unspecified atom stereocenters. The first-order valence-electron chi connectivity index (χ1n) is 10.6. The van der Waals surface area contributed by atoms with E-state index in [1.807, 2.05) is 56.3 Å². The highest BCUT2D eigenvalue weighted by atomic mass is 19.1. The van der Waals surface area contributed by atoms with Gasteiger partial charge < -0.3 is 5.11 Å². The summed E-state index contributed by atoms with van der Waals surface area (Å²) in [5, 5.41) is 14.9. The predicted molar refractivity (Wildman–Crippen MR) is 126 cm³/mol. The molecule has 0 amide bonds. The molecule has 0 bridgehead atoms. The van der Waals surface area contributed by atoms with Crippen LogP contribution in [0.1, 0.15) is 16.8 Å². The fraction of sp³-hybridized carbons (Fsp3) is 0.120. The molecule has 0 spiro atoms. The Labute approximate surface area is 193 Å². The number of aromatic amines is 1. The van der Waals surface area contributed by atoms with Crippen molar-refractivity contribution in [3.8, 4) is 28.1 Å². The topological polar surface area (TPSA) is 113 Å². The molecule has 0 aliphatic heterocycles. The van der Waals surface area contributed by atoms with Gasteiger partial charge in [0.1, 0.15) is 17.3 Å². The van der Waals surface area contributed by atoms with E-state index in [2.05, 4.69) is 15.1 Å². The standard InChI is InChI=1S/C25H21FN6O2/c1-14-10-17(11-15(2)22(14)33)20-21(16-6-4-3-5-7-16)29-24(27)32-23(20)30-31(25(32)34)13-19-9-8-18(26)12-28-19/h3-12,33H,13H2,1-2H3,(H2,27,29)/p+1. The first-order chi connectivity index (χ1) is 16.3. The Morgan fingerprint density at radius 3 is 2.41 bits per heavy atom. The summed E-state index contributed by atoms with van der Waals surface area (Å²) in [6, 6.07) is 16.1. The lowest BCUT2D eigenvalue weighted by molar-refractivity contribution is -0.351. The van der Waals surface area contributed by atoms with Gasteiger partial charge in [0.15, 0.2) is 0 Å². The molecule has 0 atom stereocenters. The molecule has 0 aliphatic rings. The minimum Gasteiger partial charge on any atom is -0.507 e. The predicted octanol–water partition coefficient (Wildman–Crippen LogP) is 3.13. The molecule has 0 saturated heterocycles. The molecule has 3 aromatic heterocycles. The van der Waals surface area contributed by atoms with E-state index in [9.17, 15) is 14.3 Å². The van der Waals surface area contributed by atoms with Crippen molar-refractivity contribution in [2.24, 2.45) is 0 Å². The Balaban J connectivity index is 1.82. The zero-order valence-corrected chi connectivity index (χ0v) is 18.6. The van der Waals surface area contributed by atoms with Crippen molar-refractivity contribution >= 4 is 11.6 Å². The van der Waals surface area contributed by atoms with E-state index in [0.717, 1.165) is 17.3 Å². The van der Waals surface area contributed by atoms with E-state index in [1.54, 1.807) is 0 Å². The van der Waals surface area contributed by atoms with Crippen LogP contribution in [0.5, 0.6) is 5.75 Å². The molecule has 0 radical (unpaired) electrons. The number of aromatic hydroxyl groups is 1. The van der Waals surface area contributed by atoms with Gasteiger partial charge in [-0.15, -0.1) is 9.50 Å². The second-order valence-electron chi connectivity index (χ2n) is 8.15. The van der Waals surface area contributed by atoms with Crippen molar-refractivity contribution in [1.82, 2.24) is 19.2 Å². The molecule has 170 valence electrons. The number of halogens is 1. The Morgan fingerprint density at radius 2 is 1.76 bits per heavy atom. The van der Waals surface area contributed by atoms with Gasteiger partial charge >= 0.3 is 11.6 Å². The van der Waals surface area contributed by atoms with Crippen LogP contribution in [0.2, 0.25) is 0 Å². The van der Waals surface area contributed by atoms with Gasteiger partial charge in [-0.3, -0.25) is 10.7 Å². The smallest absolute Gasteiger partial charge is 0.411 e. The maximum absolute atomic E-state index is 13.3. The Kier molecular flexibility index (Phi) is 5.09. The molecule has 0 fully saturated rings. The molecular formula is C25H22FN6O2+. The zero-order valence-electron chi connectivity index (χ0n) is 18.6. The van der Waals surface area contributed by atoms with Crippen LogP contribution in [-0.2, 0) is 6.54 Å². The number of aryl methyl sites for hydroxylation is 2. The van der Waals surface area contributed by atoms with Crippen molar-refractivity contribution in [3.63, 3.8) is 0 Å². The third-order valence-electron chi connectivity index (χ3n) is 5.75. The van der Waals surface area contributed by atoms with Crippen LogP contribution in [0.3, 0.4) is 0 Å². The van der Waals surface area contributed by atoms with Gasteiger partial charge in [0, 0.05) is 5.56 Å². The summed E-state index contributed by atoms with van der Waals surface area (Å²) < 4.78 is 15.8. The second-order valence-corrected chi connectivity index (χ2v) is 8.15. The molecule has 0 saturated carbocycles. The quantitative estimate of drug-likeness (QED) is 0.431. The van der Waals surface area contributed by atoms with Crippen LogP contribution in [0, 0.1) is 19.7 Å². The highest BCUT2D eigenvalue weighted by Crippen LogP contribution is 2.35. The minimum atomic E-state index is -0.460. The van der Waals surface area contributed by atoms with Crippen LogP contribution in [0.4, 0.5) is 10.3 Å². The number of hydrogen-bond acceptors (Lipinski definition) is 5. The Hall–Kier alpha value is -4.53. The third kappa shape index (κ3) is 3.57. The first kappa shape index (κ1) is 21.3. The number of rotatable bonds is 4. The number of nitrogens with two attached hydrogens (primary N) is 1. The van der Waals surface area contributed by atoms with Gasteiger partial charge in [-0.05, 0) is 54.8 Å². The van der Waals surface area contributed by atoms with Crippen LogP contribution in [-0.4, -0.2) is 24.3 Å². The lowest BCUT2D eigenvalue weighted by Gasteiger charge is -2.12. The molecule has 34 heavy (non-hydrogen) atoms. The van der Waals surface area contributed by atoms with Crippen molar-refractivity contribution in [1.29, 1.82) is 0 Å². The van der Waals surface area contributed by atoms with Crippen LogP contribution in [0.15, 0.2) is 65.6 Å². The first-order valence-corrected chi connectivity index (χ1v) is 10.6. The average Bonchev–Trinajstić information content (AvgIpc) is 3.15. The highest BCUT2D eigenvalue weighted by Gasteiger charge is 2.26. The normalized spacial score (nSPS) is 11.3. The summed E-state index contributed by atoms with van der Waals surface area (Å²) in [4.78, 5) is 20.5. The number of benzene rings is 2. The number of H-pyrrole nitrogens is 1. The number of nitrogen functional groups attached to an aromatic ring is 1. The molecule has 8 nitrogen and oxygen atoms in total. The fourth-order valence-electron chi connectivity index (χ4n) is 4.10. The monoisotopic (exact) mass is 457 g/mol. The molecule has 3 heterocycles. The second kappa shape index (κ2) is 8.11. The van der Waals surface area contributed by atoms with Crippen LogP contribution in [0.25, 0.3) is 28.0 Å². The Morgan fingerprint density at radius 1 is 1.06 bits per heavy atom. The van der Waals surface area contributed by atoms with Gasteiger partial charge in [-0.25, -0.2) is 14.2 Å². The molecule has 9 heteroatoms. The van der Waals surface area contributed by atoms with E-state index >= 15 is 0 Å². The van der Waals surface area contributed by atoms with Gasteiger partial charge in [0.05, 0.1) is 24.0 Å². The summed E-state index contributed by atoms with van der Waals surface area (Å²) in [7, 11) is 0. The number of aromatic nitrogens is 5. The molecule has 5 rings (SSSR count). The zero-order chi connectivity index (χ0) is 24.0. The van der Waals surface area contributed by atoms with E-state index in [4.69, 9.17) is 5.73 Å². The van der Waals surface area contributed by atoms with Crippen molar-refractivity contribution in [3.05, 3.63) is 93.9 Å². The highest BCUT2D eigenvalue weighted by molar-refractivity contribution is 5.89. The largest absolute Gasteiger partial charge is 0.507 e. The number of anilines is 1. The van der Waals surface area contributed by atoms with Crippen molar-refractivity contribution < 1.29 is 14.5 Å². The van der Waals surface area contributed by atoms with Gasteiger partial charge in [-0.1, -0.05) is 30.3 Å². The van der Waals surface area contributed by atoms with Crippen LogP contribution < -0.4 is 16.4 Å². The third-order valence-corrected chi connectivity index (χ3v) is 5.75. The van der Waals surface area contributed by atoms with Crippen LogP contribution >= 0.6 is 0 Å². The molecular weight excluding hydrogens is 435 g/mol.